The van der Waals surface area contributed by atoms with Crippen molar-refractivity contribution >= 4 is 0 Å². The van der Waals surface area contributed by atoms with E-state index in [0.29, 0.717) is 13.0 Å². The normalized spacial score (nSPS) is 12.7. The van der Waals surface area contributed by atoms with Gasteiger partial charge in [-0.1, -0.05) is 0 Å². The molecule has 3 nitrogen and oxygen atoms in total. The van der Waals surface area contributed by atoms with Crippen LogP contribution >= 0.6 is 0 Å². The fourth-order valence-electron chi connectivity index (χ4n) is 1.61. The molecular formula is C12H18F2N2O. The monoisotopic (exact) mass is 244 g/mol. The van der Waals surface area contributed by atoms with Crippen molar-refractivity contribution in [1.82, 2.24) is 5.32 Å². The molecule has 4 N–H and O–H groups in total. The summed E-state index contributed by atoms with van der Waals surface area (Å²) < 4.78 is 26.5. The first-order valence-corrected chi connectivity index (χ1v) is 5.68. The van der Waals surface area contributed by atoms with Gasteiger partial charge < -0.3 is 16.2 Å². The van der Waals surface area contributed by atoms with Gasteiger partial charge in [-0.3, -0.25) is 0 Å². The summed E-state index contributed by atoms with van der Waals surface area (Å²) in [6.07, 6.45) is 1.44. The zero-order valence-electron chi connectivity index (χ0n) is 9.63. The number of halogens is 2. The third-order valence-corrected chi connectivity index (χ3v) is 2.54. The first kappa shape index (κ1) is 14.0. The van der Waals surface area contributed by atoms with Crippen molar-refractivity contribution in [3.8, 4) is 0 Å². The number of unbranched alkanes of at least 4 members (excludes halogenated alkanes) is 1. The Bertz CT molecular complexity index is 347. The van der Waals surface area contributed by atoms with Crippen molar-refractivity contribution in [3.63, 3.8) is 0 Å². The average molecular weight is 244 g/mol. The van der Waals surface area contributed by atoms with Crippen LogP contribution < -0.4 is 11.1 Å². The van der Waals surface area contributed by atoms with E-state index in [1.165, 1.54) is 0 Å². The molecule has 96 valence electrons. The quantitative estimate of drug-likeness (QED) is 0.634. The molecule has 1 aromatic rings. The van der Waals surface area contributed by atoms with E-state index in [2.05, 4.69) is 5.32 Å². The highest BCUT2D eigenvalue weighted by Crippen LogP contribution is 2.17. The second-order valence-electron chi connectivity index (χ2n) is 3.84. The highest BCUT2D eigenvalue weighted by molar-refractivity contribution is 5.22. The Balaban J connectivity index is 2.62. The first-order chi connectivity index (χ1) is 8.19. The molecule has 1 atom stereocenters. The van der Waals surface area contributed by atoms with Gasteiger partial charge >= 0.3 is 0 Å². The molecule has 0 aliphatic rings. The number of nitrogens with two attached hydrogens (primary N) is 1. The molecule has 1 unspecified atom stereocenters. The summed E-state index contributed by atoms with van der Waals surface area (Å²) in [4.78, 5) is 0. The second-order valence-corrected chi connectivity index (χ2v) is 3.84. The predicted molar refractivity (Wildman–Crippen MR) is 62.5 cm³/mol. The molecule has 5 heteroatoms. The third kappa shape index (κ3) is 4.38. The Labute approximate surface area is 99.6 Å². The van der Waals surface area contributed by atoms with Crippen LogP contribution in [0.5, 0.6) is 0 Å². The largest absolute Gasteiger partial charge is 0.396 e. The standard InChI is InChI=1S/C12H18F2N2O/c13-9-3-4-11(14)10(7-9)12(8-15)16-5-1-2-6-17/h3-4,7,12,16-17H,1-2,5-6,8,15H2. The lowest BCUT2D eigenvalue weighted by Gasteiger charge is -2.17. The highest BCUT2D eigenvalue weighted by atomic mass is 19.1. The summed E-state index contributed by atoms with van der Waals surface area (Å²) in [7, 11) is 0. The molecule has 1 rings (SSSR count). The van der Waals surface area contributed by atoms with Gasteiger partial charge in [-0.2, -0.15) is 0 Å². The molecule has 0 radical (unpaired) electrons. The lowest BCUT2D eigenvalue weighted by Crippen LogP contribution is -2.30. The maximum Gasteiger partial charge on any atom is 0.128 e. The van der Waals surface area contributed by atoms with E-state index in [9.17, 15) is 8.78 Å². The van der Waals surface area contributed by atoms with E-state index in [1.807, 2.05) is 0 Å². The number of rotatable bonds is 7. The molecule has 0 fully saturated rings. The lowest BCUT2D eigenvalue weighted by molar-refractivity contribution is 0.282. The minimum atomic E-state index is -0.475. The molecule has 0 spiro atoms. The molecule has 0 amide bonds. The summed E-state index contributed by atoms with van der Waals surface area (Å²) in [5, 5.41) is 11.7. The van der Waals surface area contributed by atoms with Gasteiger partial charge in [-0.05, 0) is 37.6 Å². The van der Waals surface area contributed by atoms with Gasteiger partial charge in [0.05, 0.1) is 0 Å². The van der Waals surface area contributed by atoms with Crippen molar-refractivity contribution in [2.45, 2.75) is 18.9 Å². The van der Waals surface area contributed by atoms with Gasteiger partial charge in [0.25, 0.3) is 0 Å². The SMILES string of the molecule is NCC(NCCCCO)c1cc(F)ccc1F. The fraction of sp³-hybridized carbons (Fsp3) is 0.500. The topological polar surface area (TPSA) is 58.3 Å². The smallest absolute Gasteiger partial charge is 0.128 e. The van der Waals surface area contributed by atoms with Crippen LogP contribution in [0.15, 0.2) is 18.2 Å². The molecule has 0 aliphatic heterocycles. The second kappa shape index (κ2) is 7.32. The van der Waals surface area contributed by atoms with Gasteiger partial charge in [0.1, 0.15) is 11.6 Å². The van der Waals surface area contributed by atoms with Crippen LogP contribution in [0, 0.1) is 11.6 Å². The summed E-state index contributed by atoms with van der Waals surface area (Å²) in [6, 6.07) is 2.94. The number of nitrogens with one attached hydrogen (secondary N) is 1. The Morgan fingerprint density at radius 2 is 2.06 bits per heavy atom. The van der Waals surface area contributed by atoms with Crippen LogP contribution in [0.4, 0.5) is 8.78 Å². The van der Waals surface area contributed by atoms with Crippen LogP contribution in [0.25, 0.3) is 0 Å². The van der Waals surface area contributed by atoms with Crippen molar-refractivity contribution < 1.29 is 13.9 Å². The fourth-order valence-corrected chi connectivity index (χ4v) is 1.61. The minimum absolute atomic E-state index is 0.128. The number of benzene rings is 1. The maximum atomic E-state index is 13.5. The number of hydrogen-bond acceptors (Lipinski definition) is 3. The van der Waals surface area contributed by atoms with Gasteiger partial charge in [0, 0.05) is 24.8 Å². The van der Waals surface area contributed by atoms with E-state index in [0.717, 1.165) is 24.6 Å². The summed E-state index contributed by atoms with van der Waals surface area (Å²) in [5.74, 6) is -0.937. The van der Waals surface area contributed by atoms with Gasteiger partial charge in [0.15, 0.2) is 0 Å². The van der Waals surface area contributed by atoms with E-state index in [1.54, 1.807) is 0 Å². The van der Waals surface area contributed by atoms with Crippen LogP contribution in [0.2, 0.25) is 0 Å². The zero-order chi connectivity index (χ0) is 12.7. The summed E-state index contributed by atoms with van der Waals surface area (Å²) >= 11 is 0. The zero-order valence-corrected chi connectivity index (χ0v) is 9.63. The molecule has 0 saturated carbocycles. The van der Waals surface area contributed by atoms with Gasteiger partial charge in [-0.15, -0.1) is 0 Å². The molecular weight excluding hydrogens is 226 g/mol. The van der Waals surface area contributed by atoms with Crippen LogP contribution in [-0.4, -0.2) is 24.8 Å². The minimum Gasteiger partial charge on any atom is -0.396 e. The van der Waals surface area contributed by atoms with E-state index < -0.39 is 17.7 Å². The van der Waals surface area contributed by atoms with Crippen molar-refractivity contribution in [2.24, 2.45) is 5.73 Å². The molecule has 1 aromatic carbocycles. The Morgan fingerprint density at radius 1 is 1.29 bits per heavy atom. The first-order valence-electron chi connectivity index (χ1n) is 5.68. The lowest BCUT2D eigenvalue weighted by atomic mass is 10.1. The Hall–Kier alpha value is -1.04. The molecule has 0 aromatic heterocycles. The molecule has 17 heavy (non-hydrogen) atoms. The van der Waals surface area contributed by atoms with E-state index in [4.69, 9.17) is 10.8 Å². The summed E-state index contributed by atoms with van der Waals surface area (Å²) in [6.45, 7) is 0.932. The average Bonchev–Trinajstić information content (AvgIpc) is 2.33. The highest BCUT2D eigenvalue weighted by Gasteiger charge is 2.14. The predicted octanol–water partition coefficient (Wildman–Crippen LogP) is 1.33. The number of hydrogen-bond donors (Lipinski definition) is 3. The summed E-state index contributed by atoms with van der Waals surface area (Å²) in [5.41, 5.74) is 5.78. The number of aliphatic hydroxyl groups excluding tert-OH is 1. The van der Waals surface area contributed by atoms with Crippen molar-refractivity contribution in [3.05, 3.63) is 35.4 Å². The molecule has 0 heterocycles. The molecule has 0 bridgehead atoms. The van der Waals surface area contributed by atoms with E-state index >= 15 is 0 Å². The Morgan fingerprint density at radius 3 is 2.71 bits per heavy atom. The van der Waals surface area contributed by atoms with Crippen LogP contribution in [0.1, 0.15) is 24.4 Å². The van der Waals surface area contributed by atoms with Crippen molar-refractivity contribution in [1.29, 1.82) is 0 Å². The van der Waals surface area contributed by atoms with Crippen molar-refractivity contribution in [2.75, 3.05) is 19.7 Å². The molecule has 0 aliphatic carbocycles. The molecule has 0 saturated heterocycles. The Kier molecular flexibility index (Phi) is 6.04. The van der Waals surface area contributed by atoms with Gasteiger partial charge in [0.2, 0.25) is 0 Å². The van der Waals surface area contributed by atoms with Gasteiger partial charge in [-0.25, -0.2) is 8.78 Å². The van der Waals surface area contributed by atoms with Crippen LogP contribution in [0.3, 0.4) is 0 Å². The number of aliphatic hydroxyl groups is 1. The van der Waals surface area contributed by atoms with E-state index in [-0.39, 0.29) is 18.7 Å². The maximum absolute atomic E-state index is 13.5. The third-order valence-electron chi connectivity index (χ3n) is 2.54. The van der Waals surface area contributed by atoms with Crippen LogP contribution in [-0.2, 0) is 0 Å².